The molecule has 2 aromatic rings. The number of benzene rings is 2. The largest absolute Gasteiger partial charge is 0.379 e. The quantitative estimate of drug-likeness (QED) is 0.753. The maximum atomic E-state index is 12.9. The van der Waals surface area contributed by atoms with Crippen molar-refractivity contribution in [3.63, 3.8) is 0 Å². The summed E-state index contributed by atoms with van der Waals surface area (Å²) in [5.41, 5.74) is 1.88. The minimum absolute atomic E-state index is 0.189. The molecule has 3 rings (SSSR count). The lowest BCUT2D eigenvalue weighted by atomic mass is 10.2. The van der Waals surface area contributed by atoms with Gasteiger partial charge in [-0.1, -0.05) is 29.8 Å². The number of anilines is 1. The van der Waals surface area contributed by atoms with Crippen molar-refractivity contribution >= 4 is 39.3 Å². The Labute approximate surface area is 169 Å². The molecule has 1 fully saturated rings. The van der Waals surface area contributed by atoms with Crippen LogP contribution in [-0.2, 0) is 19.6 Å². The zero-order chi connectivity index (χ0) is 20.1. The zero-order valence-electron chi connectivity index (χ0n) is 15.4. The molecule has 0 saturated carbocycles. The third-order valence-electron chi connectivity index (χ3n) is 4.34. The summed E-state index contributed by atoms with van der Waals surface area (Å²) < 4.78 is 32.5. The highest BCUT2D eigenvalue weighted by molar-refractivity contribution is 7.89. The van der Waals surface area contributed by atoms with Gasteiger partial charge in [0.25, 0.3) is 0 Å². The molecule has 0 aliphatic carbocycles. The van der Waals surface area contributed by atoms with Crippen molar-refractivity contribution in [3.05, 3.63) is 64.7 Å². The van der Waals surface area contributed by atoms with Gasteiger partial charge in [-0.3, -0.25) is 4.79 Å². The van der Waals surface area contributed by atoms with Gasteiger partial charge in [-0.15, -0.1) is 0 Å². The minimum atomic E-state index is -3.64. The molecule has 0 bridgehead atoms. The summed E-state index contributed by atoms with van der Waals surface area (Å²) >= 11 is 5.84. The second kappa shape index (κ2) is 8.87. The molecular formula is C20H21ClN2O4S. The molecule has 1 aliphatic rings. The second-order valence-corrected chi connectivity index (χ2v) is 8.71. The predicted molar refractivity (Wildman–Crippen MR) is 110 cm³/mol. The van der Waals surface area contributed by atoms with E-state index in [2.05, 4.69) is 5.32 Å². The molecule has 0 unspecified atom stereocenters. The highest BCUT2D eigenvalue weighted by atomic mass is 35.5. The Bertz CT molecular complexity index is 982. The van der Waals surface area contributed by atoms with Gasteiger partial charge in [0.15, 0.2) is 0 Å². The molecule has 28 heavy (non-hydrogen) atoms. The lowest BCUT2D eigenvalue weighted by molar-refractivity contribution is -0.111. The number of ether oxygens (including phenoxy) is 1. The van der Waals surface area contributed by atoms with E-state index in [9.17, 15) is 13.2 Å². The number of carbonyl (C=O) groups is 1. The van der Waals surface area contributed by atoms with Gasteiger partial charge < -0.3 is 10.1 Å². The maximum absolute atomic E-state index is 12.9. The molecule has 0 radical (unpaired) electrons. The number of halogens is 1. The van der Waals surface area contributed by atoms with E-state index in [0.717, 1.165) is 5.56 Å². The van der Waals surface area contributed by atoms with Gasteiger partial charge in [0.05, 0.1) is 18.1 Å². The molecular weight excluding hydrogens is 400 g/mol. The van der Waals surface area contributed by atoms with E-state index in [4.69, 9.17) is 16.3 Å². The third-order valence-corrected chi connectivity index (χ3v) is 6.63. The van der Waals surface area contributed by atoms with Gasteiger partial charge >= 0.3 is 0 Å². The van der Waals surface area contributed by atoms with Crippen LogP contribution in [0.25, 0.3) is 6.08 Å². The normalized spacial score (nSPS) is 15.6. The summed E-state index contributed by atoms with van der Waals surface area (Å²) in [5.74, 6) is -0.353. The van der Waals surface area contributed by atoms with Crippen molar-refractivity contribution in [3.8, 4) is 0 Å². The predicted octanol–water partition coefficient (Wildman–Crippen LogP) is 3.32. The van der Waals surface area contributed by atoms with Crippen LogP contribution < -0.4 is 5.32 Å². The number of nitrogens with one attached hydrogen (secondary N) is 1. The molecule has 1 saturated heterocycles. The van der Waals surface area contributed by atoms with Crippen LogP contribution in [0.5, 0.6) is 0 Å². The topological polar surface area (TPSA) is 75.7 Å². The summed E-state index contributed by atoms with van der Waals surface area (Å²) in [6.07, 6.45) is 3.05. The van der Waals surface area contributed by atoms with E-state index in [1.165, 1.54) is 16.4 Å². The van der Waals surface area contributed by atoms with E-state index >= 15 is 0 Å². The molecule has 1 heterocycles. The van der Waals surface area contributed by atoms with Crippen molar-refractivity contribution in [1.82, 2.24) is 4.31 Å². The van der Waals surface area contributed by atoms with Crippen LogP contribution >= 0.6 is 11.6 Å². The number of carbonyl (C=O) groups excluding carboxylic acids is 1. The maximum Gasteiger partial charge on any atom is 0.248 e. The van der Waals surface area contributed by atoms with E-state index in [1.807, 2.05) is 0 Å². The fourth-order valence-corrected chi connectivity index (χ4v) is 4.60. The smallest absolute Gasteiger partial charge is 0.248 e. The fourth-order valence-electron chi connectivity index (χ4n) is 2.81. The van der Waals surface area contributed by atoms with E-state index in [1.54, 1.807) is 49.4 Å². The molecule has 2 aromatic carbocycles. The first-order chi connectivity index (χ1) is 13.4. The van der Waals surface area contributed by atoms with Gasteiger partial charge in [0.1, 0.15) is 0 Å². The number of amides is 1. The Kier molecular flexibility index (Phi) is 6.51. The summed E-state index contributed by atoms with van der Waals surface area (Å²) in [6.45, 7) is 3.14. The first-order valence-electron chi connectivity index (χ1n) is 8.79. The Balaban J connectivity index is 1.75. The molecule has 1 amide bonds. The average molecular weight is 421 g/mol. The SMILES string of the molecule is Cc1ccc(NC(=O)C=Cc2ccc(Cl)cc2)cc1S(=O)(=O)N1CCOCC1. The van der Waals surface area contributed by atoms with Gasteiger partial charge in [-0.05, 0) is 48.4 Å². The molecule has 1 N–H and O–H groups in total. The second-order valence-electron chi connectivity index (χ2n) is 6.37. The van der Waals surface area contributed by atoms with Gasteiger partial charge in [0.2, 0.25) is 15.9 Å². The van der Waals surface area contributed by atoms with Crippen LogP contribution in [0, 0.1) is 6.92 Å². The summed E-state index contributed by atoms with van der Waals surface area (Å²) in [4.78, 5) is 12.4. The van der Waals surface area contributed by atoms with E-state index < -0.39 is 10.0 Å². The summed E-state index contributed by atoms with van der Waals surface area (Å²) in [7, 11) is -3.64. The fraction of sp³-hybridized carbons (Fsp3) is 0.250. The van der Waals surface area contributed by atoms with E-state index in [0.29, 0.717) is 42.6 Å². The monoisotopic (exact) mass is 420 g/mol. The van der Waals surface area contributed by atoms with E-state index in [-0.39, 0.29) is 10.8 Å². The van der Waals surface area contributed by atoms with Crippen molar-refractivity contribution < 1.29 is 17.9 Å². The average Bonchev–Trinajstić information content (AvgIpc) is 2.69. The molecule has 1 aliphatic heterocycles. The van der Waals surface area contributed by atoms with Crippen molar-refractivity contribution in [2.75, 3.05) is 31.6 Å². The van der Waals surface area contributed by atoms with Crippen LogP contribution in [0.2, 0.25) is 5.02 Å². The lowest BCUT2D eigenvalue weighted by Crippen LogP contribution is -2.40. The number of nitrogens with zero attached hydrogens (tertiary/aromatic N) is 1. The molecule has 0 aromatic heterocycles. The van der Waals surface area contributed by atoms with Crippen LogP contribution in [0.1, 0.15) is 11.1 Å². The van der Waals surface area contributed by atoms with Crippen LogP contribution in [0.15, 0.2) is 53.4 Å². The highest BCUT2D eigenvalue weighted by Crippen LogP contribution is 2.24. The molecule has 6 nitrogen and oxygen atoms in total. The number of hydrogen-bond donors (Lipinski definition) is 1. The van der Waals surface area contributed by atoms with Gasteiger partial charge in [-0.2, -0.15) is 4.31 Å². The first kappa shape index (κ1) is 20.5. The van der Waals surface area contributed by atoms with Crippen molar-refractivity contribution in [2.45, 2.75) is 11.8 Å². The van der Waals surface area contributed by atoms with Gasteiger partial charge in [0, 0.05) is 29.9 Å². The minimum Gasteiger partial charge on any atom is -0.379 e. The van der Waals surface area contributed by atoms with Crippen molar-refractivity contribution in [1.29, 1.82) is 0 Å². The molecule has 8 heteroatoms. The first-order valence-corrected chi connectivity index (χ1v) is 10.6. The summed E-state index contributed by atoms with van der Waals surface area (Å²) in [6, 6.07) is 11.9. The Morgan fingerprint density at radius 3 is 2.50 bits per heavy atom. The number of hydrogen-bond acceptors (Lipinski definition) is 4. The Hall–Kier alpha value is -2.19. The number of rotatable bonds is 5. The molecule has 0 atom stereocenters. The Morgan fingerprint density at radius 2 is 1.82 bits per heavy atom. The molecule has 0 spiro atoms. The highest BCUT2D eigenvalue weighted by Gasteiger charge is 2.28. The van der Waals surface area contributed by atoms with Gasteiger partial charge in [-0.25, -0.2) is 8.42 Å². The van der Waals surface area contributed by atoms with Crippen LogP contribution in [0.4, 0.5) is 5.69 Å². The lowest BCUT2D eigenvalue weighted by Gasteiger charge is -2.26. The van der Waals surface area contributed by atoms with Crippen LogP contribution in [-0.4, -0.2) is 44.9 Å². The number of aryl methyl sites for hydroxylation is 1. The third kappa shape index (κ3) is 4.99. The Morgan fingerprint density at radius 1 is 1.14 bits per heavy atom. The number of morpholine rings is 1. The summed E-state index contributed by atoms with van der Waals surface area (Å²) in [5, 5.41) is 3.33. The number of sulfonamides is 1. The van der Waals surface area contributed by atoms with Crippen LogP contribution in [0.3, 0.4) is 0 Å². The molecule has 148 valence electrons. The standard InChI is InChI=1S/C20H21ClN2O4S/c1-15-2-8-18(14-19(15)28(25,26)23-10-12-27-13-11-23)22-20(24)9-5-16-3-6-17(21)7-4-16/h2-9,14H,10-13H2,1H3,(H,22,24). The van der Waals surface area contributed by atoms with Crippen molar-refractivity contribution in [2.24, 2.45) is 0 Å². The zero-order valence-corrected chi connectivity index (χ0v) is 17.0.